The molecule has 2 nitrogen and oxygen atoms in total. The molecule has 0 aliphatic heterocycles. The first kappa shape index (κ1) is 15.9. The predicted octanol–water partition coefficient (Wildman–Crippen LogP) is 3.77. The molecular weight excluding hydrogens is 339 g/mol. The molecule has 0 aromatic heterocycles. The highest BCUT2D eigenvalue weighted by molar-refractivity contribution is 9.10. The van der Waals surface area contributed by atoms with Crippen molar-refractivity contribution in [3.05, 3.63) is 28.2 Å². The summed E-state index contributed by atoms with van der Waals surface area (Å²) in [4.78, 5) is 11.1. The summed E-state index contributed by atoms with van der Waals surface area (Å²) < 4.78 is 66.7. The van der Waals surface area contributed by atoms with Gasteiger partial charge >= 0.3 is 12.1 Å². The standard InChI is InChI=1S/C11H8BrF5O2/c1-19-7-2-3-8(12)6(4-7)5-9(18)10(13,14)11(15,16)17/h2-4H,5H2,1H3. The van der Waals surface area contributed by atoms with Crippen molar-refractivity contribution >= 4 is 21.7 Å². The van der Waals surface area contributed by atoms with Crippen LogP contribution in [0.2, 0.25) is 0 Å². The van der Waals surface area contributed by atoms with E-state index in [0.29, 0.717) is 0 Å². The second kappa shape index (κ2) is 5.44. The van der Waals surface area contributed by atoms with Gasteiger partial charge in [0.15, 0.2) is 0 Å². The van der Waals surface area contributed by atoms with E-state index in [0.717, 1.165) is 0 Å². The molecule has 0 atom stereocenters. The van der Waals surface area contributed by atoms with Gasteiger partial charge in [-0.05, 0) is 23.8 Å². The number of halogens is 6. The third-order valence-electron chi connectivity index (χ3n) is 2.31. The Labute approximate surface area is 113 Å². The van der Waals surface area contributed by atoms with Gasteiger partial charge in [-0.15, -0.1) is 0 Å². The van der Waals surface area contributed by atoms with Crippen molar-refractivity contribution in [3.63, 3.8) is 0 Å². The van der Waals surface area contributed by atoms with Crippen molar-refractivity contribution in [3.8, 4) is 5.75 Å². The largest absolute Gasteiger partial charge is 0.497 e. The topological polar surface area (TPSA) is 26.3 Å². The average Bonchev–Trinajstić information content (AvgIpc) is 2.30. The van der Waals surface area contributed by atoms with Crippen LogP contribution in [0.15, 0.2) is 22.7 Å². The Bertz CT molecular complexity index is 484. The summed E-state index contributed by atoms with van der Waals surface area (Å²) in [6, 6.07) is 4.08. The lowest BCUT2D eigenvalue weighted by molar-refractivity contribution is -0.268. The first-order chi connectivity index (χ1) is 8.59. The number of methoxy groups -OCH3 is 1. The van der Waals surface area contributed by atoms with Gasteiger partial charge < -0.3 is 4.74 Å². The zero-order valence-electron chi connectivity index (χ0n) is 9.52. The number of hydrogen-bond donors (Lipinski definition) is 0. The number of ether oxygens (including phenoxy) is 1. The van der Waals surface area contributed by atoms with Gasteiger partial charge in [-0.25, -0.2) is 0 Å². The molecule has 0 bridgehead atoms. The van der Waals surface area contributed by atoms with Crippen molar-refractivity contribution in [2.24, 2.45) is 0 Å². The monoisotopic (exact) mass is 346 g/mol. The van der Waals surface area contributed by atoms with Crippen LogP contribution in [0.25, 0.3) is 0 Å². The van der Waals surface area contributed by atoms with E-state index in [4.69, 9.17) is 4.74 Å². The van der Waals surface area contributed by atoms with Crippen LogP contribution in [0.5, 0.6) is 5.75 Å². The molecule has 0 spiro atoms. The van der Waals surface area contributed by atoms with Gasteiger partial charge in [-0.2, -0.15) is 22.0 Å². The fourth-order valence-electron chi connectivity index (χ4n) is 1.26. The summed E-state index contributed by atoms with van der Waals surface area (Å²) in [5.41, 5.74) is -0.00623. The van der Waals surface area contributed by atoms with Gasteiger partial charge in [0, 0.05) is 10.9 Å². The molecule has 0 saturated carbocycles. The van der Waals surface area contributed by atoms with Crippen molar-refractivity contribution < 1.29 is 31.5 Å². The number of rotatable bonds is 4. The van der Waals surface area contributed by atoms with Crippen LogP contribution < -0.4 is 4.74 Å². The molecule has 0 radical (unpaired) electrons. The maximum atomic E-state index is 12.8. The lowest BCUT2D eigenvalue weighted by Gasteiger charge is -2.18. The minimum Gasteiger partial charge on any atom is -0.497 e. The van der Waals surface area contributed by atoms with Gasteiger partial charge in [0.05, 0.1) is 7.11 Å². The minimum absolute atomic E-state index is 0.00623. The molecule has 1 rings (SSSR count). The number of carbonyl (C=O) groups excluding carboxylic acids is 1. The van der Waals surface area contributed by atoms with E-state index in [1.54, 1.807) is 0 Å². The minimum atomic E-state index is -5.89. The number of ketones is 1. The van der Waals surface area contributed by atoms with Crippen LogP contribution in [0, 0.1) is 0 Å². The molecule has 0 N–H and O–H groups in total. The normalized spacial score (nSPS) is 12.4. The van der Waals surface area contributed by atoms with E-state index in [-0.39, 0.29) is 15.8 Å². The number of hydrogen-bond acceptors (Lipinski definition) is 2. The highest BCUT2D eigenvalue weighted by Crippen LogP contribution is 2.37. The lowest BCUT2D eigenvalue weighted by Crippen LogP contribution is -2.44. The molecule has 0 fully saturated rings. The third kappa shape index (κ3) is 3.43. The maximum Gasteiger partial charge on any atom is 0.461 e. The van der Waals surface area contributed by atoms with E-state index in [1.807, 2.05) is 0 Å². The molecule has 1 aromatic rings. The molecule has 0 aliphatic carbocycles. The summed E-state index contributed by atoms with van der Waals surface area (Å²) in [6.45, 7) is 0. The van der Waals surface area contributed by atoms with Gasteiger partial charge in [0.1, 0.15) is 5.75 Å². The van der Waals surface area contributed by atoms with Crippen LogP contribution >= 0.6 is 15.9 Å². The molecule has 1 aromatic carbocycles. The van der Waals surface area contributed by atoms with Crippen LogP contribution in [0.3, 0.4) is 0 Å². The van der Waals surface area contributed by atoms with Crippen molar-refractivity contribution in [2.75, 3.05) is 7.11 Å². The van der Waals surface area contributed by atoms with E-state index in [9.17, 15) is 26.7 Å². The highest BCUT2D eigenvalue weighted by atomic mass is 79.9. The van der Waals surface area contributed by atoms with Gasteiger partial charge in [-0.3, -0.25) is 4.79 Å². The maximum absolute atomic E-state index is 12.8. The first-order valence-corrected chi connectivity index (χ1v) is 5.69. The summed E-state index contributed by atoms with van der Waals surface area (Å²) in [5, 5.41) is 0. The number of carbonyl (C=O) groups is 1. The Morgan fingerprint density at radius 1 is 1.26 bits per heavy atom. The zero-order valence-corrected chi connectivity index (χ0v) is 11.1. The smallest absolute Gasteiger partial charge is 0.461 e. The molecule has 8 heteroatoms. The Kier molecular flexibility index (Phi) is 4.54. The second-order valence-electron chi connectivity index (χ2n) is 3.63. The Morgan fingerprint density at radius 2 is 1.84 bits per heavy atom. The Balaban J connectivity index is 3.00. The van der Waals surface area contributed by atoms with E-state index < -0.39 is 24.3 Å². The van der Waals surface area contributed by atoms with E-state index >= 15 is 0 Å². The molecule has 106 valence electrons. The first-order valence-electron chi connectivity index (χ1n) is 4.90. The molecule has 0 aliphatic rings. The van der Waals surface area contributed by atoms with Crippen LogP contribution in [-0.2, 0) is 11.2 Å². The molecule has 19 heavy (non-hydrogen) atoms. The number of alkyl halides is 5. The van der Waals surface area contributed by atoms with Crippen molar-refractivity contribution in [1.82, 2.24) is 0 Å². The third-order valence-corrected chi connectivity index (χ3v) is 3.08. The average molecular weight is 347 g/mol. The predicted molar refractivity (Wildman–Crippen MR) is 60.4 cm³/mol. The zero-order chi connectivity index (χ0) is 14.8. The highest BCUT2D eigenvalue weighted by Gasteiger charge is 2.62. The summed E-state index contributed by atoms with van der Waals surface area (Å²) >= 11 is 2.97. The van der Waals surface area contributed by atoms with Gasteiger partial charge in [0.25, 0.3) is 0 Å². The molecule has 0 heterocycles. The molecular formula is C11H8BrF5O2. The van der Waals surface area contributed by atoms with E-state index in [2.05, 4.69) is 15.9 Å². The van der Waals surface area contributed by atoms with Crippen molar-refractivity contribution in [1.29, 1.82) is 0 Å². The number of benzene rings is 1. The lowest BCUT2D eigenvalue weighted by atomic mass is 10.0. The molecule has 0 amide bonds. The second-order valence-corrected chi connectivity index (χ2v) is 4.48. The summed E-state index contributed by atoms with van der Waals surface area (Å²) in [7, 11) is 1.30. The van der Waals surface area contributed by atoms with Gasteiger partial charge in [-0.1, -0.05) is 15.9 Å². The van der Waals surface area contributed by atoms with Crippen LogP contribution in [0.4, 0.5) is 22.0 Å². The fraction of sp³-hybridized carbons (Fsp3) is 0.364. The Hall–Kier alpha value is -1.18. The number of Topliss-reactive ketones (excluding diaryl/α,β-unsaturated/α-hetero) is 1. The summed E-state index contributed by atoms with van der Waals surface area (Å²) in [5.74, 6) is -7.33. The molecule has 0 saturated heterocycles. The Morgan fingerprint density at radius 3 is 2.32 bits per heavy atom. The van der Waals surface area contributed by atoms with Crippen molar-refractivity contribution in [2.45, 2.75) is 18.5 Å². The molecule has 0 unspecified atom stereocenters. The van der Waals surface area contributed by atoms with Crippen LogP contribution in [0.1, 0.15) is 5.56 Å². The fourth-order valence-corrected chi connectivity index (χ4v) is 1.64. The summed E-state index contributed by atoms with van der Waals surface area (Å²) in [6.07, 6.45) is -6.94. The SMILES string of the molecule is COc1ccc(Br)c(CC(=O)C(F)(F)C(F)(F)F)c1. The van der Waals surface area contributed by atoms with Gasteiger partial charge in [0.2, 0.25) is 5.78 Å². The quantitative estimate of drug-likeness (QED) is 0.776. The van der Waals surface area contributed by atoms with E-state index in [1.165, 1.54) is 25.3 Å². The van der Waals surface area contributed by atoms with Crippen LogP contribution in [-0.4, -0.2) is 25.0 Å².